The van der Waals surface area contributed by atoms with E-state index in [1.807, 2.05) is 18.7 Å². The molecule has 0 spiro atoms. The fourth-order valence-corrected chi connectivity index (χ4v) is 1.27. The van der Waals surface area contributed by atoms with Gasteiger partial charge in [0.1, 0.15) is 0 Å². The predicted octanol–water partition coefficient (Wildman–Crippen LogP) is 1.17. The number of aliphatic carboxylic acids is 1. The van der Waals surface area contributed by atoms with Crippen LogP contribution in [0.3, 0.4) is 0 Å². The highest BCUT2D eigenvalue weighted by atomic mass is 16.4. The summed E-state index contributed by atoms with van der Waals surface area (Å²) in [5, 5.41) is 12.1. The van der Waals surface area contributed by atoms with Gasteiger partial charge in [-0.2, -0.15) is 0 Å². The lowest BCUT2D eigenvalue weighted by Crippen LogP contribution is -2.44. The van der Waals surface area contributed by atoms with Gasteiger partial charge in [-0.1, -0.05) is 0 Å². The van der Waals surface area contributed by atoms with Gasteiger partial charge in [-0.3, -0.25) is 9.69 Å². The molecule has 0 heterocycles. The Hall–Kier alpha value is -0.610. The molecule has 0 aromatic carbocycles. The van der Waals surface area contributed by atoms with E-state index < -0.39 is 5.97 Å². The Balaban J connectivity index is 3.92. The molecular formula is C11H24N2O2. The molecule has 4 heteroatoms. The van der Waals surface area contributed by atoms with Gasteiger partial charge in [0.15, 0.2) is 0 Å². The topological polar surface area (TPSA) is 52.6 Å². The van der Waals surface area contributed by atoms with Crippen molar-refractivity contribution in [3.8, 4) is 0 Å². The molecular weight excluding hydrogens is 192 g/mol. The Morgan fingerprint density at radius 1 is 1.40 bits per heavy atom. The second-order valence-electron chi connectivity index (χ2n) is 5.13. The van der Waals surface area contributed by atoms with E-state index in [4.69, 9.17) is 5.11 Å². The SMILES string of the molecule is CC(C)N(CCNC(C)(C)C)CC(=O)O. The van der Waals surface area contributed by atoms with Crippen molar-refractivity contribution in [2.24, 2.45) is 0 Å². The van der Waals surface area contributed by atoms with Crippen molar-refractivity contribution in [3.05, 3.63) is 0 Å². The summed E-state index contributed by atoms with van der Waals surface area (Å²) in [6.07, 6.45) is 0. The molecule has 0 fully saturated rings. The number of rotatable bonds is 6. The summed E-state index contributed by atoms with van der Waals surface area (Å²) in [4.78, 5) is 12.6. The molecule has 0 saturated heterocycles. The highest BCUT2D eigenvalue weighted by molar-refractivity contribution is 5.69. The standard InChI is InChI=1S/C11H24N2O2/c1-9(2)13(8-10(14)15)7-6-12-11(3,4)5/h9,12H,6-8H2,1-5H3,(H,14,15). The molecule has 0 amide bonds. The Labute approximate surface area is 92.7 Å². The Morgan fingerprint density at radius 3 is 2.27 bits per heavy atom. The highest BCUT2D eigenvalue weighted by Crippen LogP contribution is 2.00. The third-order valence-corrected chi connectivity index (χ3v) is 2.12. The van der Waals surface area contributed by atoms with E-state index in [1.165, 1.54) is 0 Å². The monoisotopic (exact) mass is 216 g/mol. The van der Waals surface area contributed by atoms with Gasteiger partial charge in [-0.25, -0.2) is 0 Å². The summed E-state index contributed by atoms with van der Waals surface area (Å²) >= 11 is 0. The average molecular weight is 216 g/mol. The van der Waals surface area contributed by atoms with Crippen LogP contribution < -0.4 is 5.32 Å². The number of nitrogens with one attached hydrogen (secondary N) is 1. The number of nitrogens with zero attached hydrogens (tertiary/aromatic N) is 1. The summed E-state index contributed by atoms with van der Waals surface area (Å²) in [5.41, 5.74) is 0.0892. The molecule has 0 rings (SSSR count). The van der Waals surface area contributed by atoms with Crippen molar-refractivity contribution in [2.45, 2.75) is 46.2 Å². The van der Waals surface area contributed by atoms with Crippen LogP contribution in [-0.4, -0.2) is 47.2 Å². The lowest BCUT2D eigenvalue weighted by atomic mass is 10.1. The number of carboxylic acid groups (broad SMARTS) is 1. The molecule has 0 aliphatic rings. The lowest BCUT2D eigenvalue weighted by Gasteiger charge is -2.27. The smallest absolute Gasteiger partial charge is 0.317 e. The third-order valence-electron chi connectivity index (χ3n) is 2.12. The van der Waals surface area contributed by atoms with Gasteiger partial charge in [0, 0.05) is 24.7 Å². The van der Waals surface area contributed by atoms with Crippen LogP contribution in [-0.2, 0) is 4.79 Å². The molecule has 0 aromatic heterocycles. The van der Waals surface area contributed by atoms with Crippen LogP contribution >= 0.6 is 0 Å². The minimum absolute atomic E-state index is 0.0892. The molecule has 0 aliphatic heterocycles. The van der Waals surface area contributed by atoms with Crippen molar-refractivity contribution < 1.29 is 9.90 Å². The maximum Gasteiger partial charge on any atom is 0.317 e. The predicted molar refractivity (Wildman–Crippen MR) is 62.1 cm³/mol. The lowest BCUT2D eigenvalue weighted by molar-refractivity contribution is -0.138. The quantitative estimate of drug-likeness (QED) is 0.700. The van der Waals surface area contributed by atoms with E-state index in [0.29, 0.717) is 0 Å². The molecule has 0 unspecified atom stereocenters. The molecule has 0 atom stereocenters. The Bertz CT molecular complexity index is 197. The maximum absolute atomic E-state index is 10.6. The molecule has 0 radical (unpaired) electrons. The van der Waals surface area contributed by atoms with Crippen LogP contribution in [0.25, 0.3) is 0 Å². The zero-order valence-corrected chi connectivity index (χ0v) is 10.5. The normalized spacial score (nSPS) is 12.5. The molecule has 2 N–H and O–H groups in total. The first-order valence-corrected chi connectivity index (χ1v) is 5.43. The van der Waals surface area contributed by atoms with Crippen LogP contribution in [0.15, 0.2) is 0 Å². The van der Waals surface area contributed by atoms with E-state index in [0.717, 1.165) is 13.1 Å². The van der Waals surface area contributed by atoms with Crippen molar-refractivity contribution in [3.63, 3.8) is 0 Å². The summed E-state index contributed by atoms with van der Waals surface area (Å²) < 4.78 is 0. The van der Waals surface area contributed by atoms with Gasteiger partial charge in [0.25, 0.3) is 0 Å². The Morgan fingerprint density at radius 2 is 1.93 bits per heavy atom. The van der Waals surface area contributed by atoms with E-state index >= 15 is 0 Å². The molecule has 4 nitrogen and oxygen atoms in total. The number of carboxylic acids is 1. The first-order valence-electron chi connectivity index (χ1n) is 5.43. The maximum atomic E-state index is 10.6. The van der Waals surface area contributed by atoms with E-state index in [-0.39, 0.29) is 18.1 Å². The van der Waals surface area contributed by atoms with Crippen LogP contribution in [0.1, 0.15) is 34.6 Å². The van der Waals surface area contributed by atoms with Crippen LogP contribution in [0.4, 0.5) is 0 Å². The minimum atomic E-state index is -0.764. The highest BCUT2D eigenvalue weighted by Gasteiger charge is 2.14. The van der Waals surface area contributed by atoms with Crippen molar-refractivity contribution >= 4 is 5.97 Å². The summed E-state index contributed by atoms with van der Waals surface area (Å²) in [6.45, 7) is 12.0. The van der Waals surface area contributed by atoms with Crippen molar-refractivity contribution in [1.82, 2.24) is 10.2 Å². The van der Waals surface area contributed by atoms with E-state index in [1.54, 1.807) is 0 Å². The van der Waals surface area contributed by atoms with E-state index in [9.17, 15) is 4.79 Å². The molecule has 90 valence electrons. The molecule has 0 bridgehead atoms. The Kier molecular flexibility index (Phi) is 5.83. The van der Waals surface area contributed by atoms with Crippen LogP contribution in [0.5, 0.6) is 0 Å². The third kappa shape index (κ3) is 8.39. The molecule has 0 aromatic rings. The van der Waals surface area contributed by atoms with Gasteiger partial charge < -0.3 is 10.4 Å². The zero-order chi connectivity index (χ0) is 12.1. The van der Waals surface area contributed by atoms with Crippen molar-refractivity contribution in [2.75, 3.05) is 19.6 Å². The summed E-state index contributed by atoms with van der Waals surface area (Å²) in [7, 11) is 0. The van der Waals surface area contributed by atoms with Gasteiger partial charge in [0.05, 0.1) is 6.54 Å². The van der Waals surface area contributed by atoms with Crippen LogP contribution in [0, 0.1) is 0 Å². The van der Waals surface area contributed by atoms with Crippen LogP contribution in [0.2, 0.25) is 0 Å². The van der Waals surface area contributed by atoms with Gasteiger partial charge >= 0.3 is 5.97 Å². The average Bonchev–Trinajstić information content (AvgIpc) is 1.99. The summed E-state index contributed by atoms with van der Waals surface area (Å²) in [6, 6.07) is 0.267. The first kappa shape index (κ1) is 14.4. The van der Waals surface area contributed by atoms with Gasteiger partial charge in [-0.05, 0) is 34.6 Å². The summed E-state index contributed by atoms with van der Waals surface area (Å²) in [5.74, 6) is -0.764. The second-order valence-corrected chi connectivity index (χ2v) is 5.13. The fraction of sp³-hybridized carbons (Fsp3) is 0.909. The molecule has 15 heavy (non-hydrogen) atoms. The van der Waals surface area contributed by atoms with Gasteiger partial charge in [0.2, 0.25) is 0 Å². The number of carbonyl (C=O) groups is 1. The van der Waals surface area contributed by atoms with Gasteiger partial charge in [-0.15, -0.1) is 0 Å². The minimum Gasteiger partial charge on any atom is -0.480 e. The number of hydrogen-bond acceptors (Lipinski definition) is 3. The molecule has 0 saturated carbocycles. The fourth-order valence-electron chi connectivity index (χ4n) is 1.27. The van der Waals surface area contributed by atoms with Crippen molar-refractivity contribution in [1.29, 1.82) is 0 Å². The zero-order valence-electron chi connectivity index (χ0n) is 10.5. The first-order chi connectivity index (χ1) is 6.72. The second kappa shape index (κ2) is 6.08. The molecule has 0 aliphatic carbocycles. The van der Waals surface area contributed by atoms with E-state index in [2.05, 4.69) is 26.1 Å². The number of hydrogen-bond donors (Lipinski definition) is 2. The largest absolute Gasteiger partial charge is 0.480 e.